The van der Waals surface area contributed by atoms with E-state index in [0.29, 0.717) is 0 Å². The molecule has 0 bridgehead atoms. The molecule has 1 nitrogen and oxygen atoms in total. The van der Waals surface area contributed by atoms with Crippen LogP contribution in [0.25, 0.3) is 0 Å². The van der Waals surface area contributed by atoms with E-state index in [9.17, 15) is 0 Å². The molecule has 2 rings (SSSR count). The highest BCUT2D eigenvalue weighted by Gasteiger charge is 2.51. The Morgan fingerprint density at radius 2 is 1.36 bits per heavy atom. The molecule has 0 radical (unpaired) electrons. The number of allylic oxidation sites excluding steroid dienone is 1. The fraction of sp³-hybridized carbons (Fsp3) is 0.533. The molecule has 0 heterocycles. The van der Waals surface area contributed by atoms with Crippen molar-refractivity contribution in [2.45, 2.75) is 96.6 Å². The second-order valence-electron chi connectivity index (χ2n) is 10.1. The molecule has 0 aliphatic heterocycles. The van der Waals surface area contributed by atoms with Gasteiger partial charge in [-0.05, 0) is 41.1 Å². The molecule has 0 aromatic heterocycles. The van der Waals surface area contributed by atoms with Gasteiger partial charge in [0, 0.05) is 10.5 Å². The van der Waals surface area contributed by atoms with Crippen molar-refractivity contribution in [2.75, 3.05) is 4.43 Å². The molecule has 2 aromatic rings. The number of benzene rings is 2. The van der Waals surface area contributed by atoms with E-state index in [2.05, 4.69) is 123 Å². The maximum Gasteiger partial charge on any atom is 0.261 e. The molecule has 0 aliphatic rings. The van der Waals surface area contributed by atoms with E-state index in [-0.39, 0.29) is 11.1 Å². The van der Waals surface area contributed by atoms with Crippen LogP contribution in [-0.2, 0) is 4.43 Å². The van der Waals surface area contributed by atoms with Gasteiger partial charge in [-0.1, -0.05) is 155 Å². The Hall–Kier alpha value is -0.913. The van der Waals surface area contributed by atoms with Crippen LogP contribution in [0, 0.1) is 0 Å². The van der Waals surface area contributed by atoms with Crippen molar-refractivity contribution in [3.63, 3.8) is 0 Å². The van der Waals surface area contributed by atoms with Crippen molar-refractivity contribution in [3.05, 3.63) is 72.8 Å². The number of rotatable bonds is 15. The van der Waals surface area contributed by atoms with Gasteiger partial charge < -0.3 is 4.43 Å². The smallest absolute Gasteiger partial charge is 0.261 e. The molecule has 0 N–H and O–H groups in total. The molecule has 2 aromatic carbocycles. The fourth-order valence-electron chi connectivity index (χ4n) is 4.70. The lowest BCUT2D eigenvalue weighted by molar-refractivity contribution is 0.188. The van der Waals surface area contributed by atoms with Crippen molar-refractivity contribution in [3.8, 4) is 0 Å². The van der Waals surface area contributed by atoms with Crippen LogP contribution in [0.2, 0.25) is 5.04 Å². The molecule has 0 saturated carbocycles. The van der Waals surface area contributed by atoms with Crippen molar-refractivity contribution < 1.29 is 4.43 Å². The zero-order valence-corrected chi connectivity index (χ0v) is 24.5. The van der Waals surface area contributed by atoms with Crippen molar-refractivity contribution in [2.24, 2.45) is 0 Å². The number of halogens is 1. The number of hydrogen-bond donors (Lipinski definition) is 0. The topological polar surface area (TPSA) is 9.23 Å². The Morgan fingerprint density at radius 3 is 1.88 bits per heavy atom. The highest BCUT2D eigenvalue weighted by molar-refractivity contribution is 14.1. The van der Waals surface area contributed by atoms with E-state index >= 15 is 0 Å². The van der Waals surface area contributed by atoms with Crippen LogP contribution in [0.5, 0.6) is 0 Å². The predicted molar refractivity (Wildman–Crippen MR) is 158 cm³/mol. The largest absolute Gasteiger partial charge is 0.404 e. The Morgan fingerprint density at radius 1 is 0.818 bits per heavy atom. The van der Waals surface area contributed by atoms with E-state index in [1.807, 2.05) is 0 Å². The summed E-state index contributed by atoms with van der Waals surface area (Å²) in [6.07, 6.45) is 16.5. The third-order valence-corrected chi connectivity index (χ3v) is 12.2. The lowest BCUT2D eigenvalue weighted by Crippen LogP contribution is -2.67. The minimum atomic E-state index is -2.48. The summed E-state index contributed by atoms with van der Waals surface area (Å²) < 4.78 is 8.49. The first-order valence-electron chi connectivity index (χ1n) is 13.0. The molecule has 0 aliphatic carbocycles. The highest BCUT2D eigenvalue weighted by atomic mass is 127. The zero-order valence-electron chi connectivity index (χ0n) is 21.4. The molecule has 0 fully saturated rings. The van der Waals surface area contributed by atoms with Gasteiger partial charge in [0.05, 0.1) is 0 Å². The van der Waals surface area contributed by atoms with E-state index < -0.39 is 8.32 Å². The summed E-state index contributed by atoms with van der Waals surface area (Å²) in [5, 5.41) is 2.78. The standard InChI is InChI=1S/C30H45IOSi/c1-5-6-7-8-9-10-11-12-15-20-27(25-26-31)32-33(30(2,3)4,28-21-16-13-17-22-28)29-23-18-14-19-24-29/h12-19,21-24,27H,5-11,20,25-26H2,1-4H3/b15-12-. The first-order chi connectivity index (χ1) is 16.0. The van der Waals surface area contributed by atoms with Crippen LogP contribution in [0.4, 0.5) is 0 Å². The summed E-state index contributed by atoms with van der Waals surface area (Å²) in [6, 6.07) is 22.1. The molecule has 3 heteroatoms. The van der Waals surface area contributed by atoms with Gasteiger partial charge >= 0.3 is 0 Å². The number of hydrogen-bond acceptors (Lipinski definition) is 1. The minimum Gasteiger partial charge on any atom is -0.404 e. The predicted octanol–water partition coefficient (Wildman–Crippen LogP) is 8.45. The van der Waals surface area contributed by atoms with Gasteiger partial charge in [-0.3, -0.25) is 0 Å². The van der Waals surface area contributed by atoms with E-state index in [1.165, 1.54) is 55.3 Å². The SMILES string of the molecule is CCCCCCCC/C=C\CC(CCI)O[Si](c1ccccc1)(c1ccccc1)C(C)(C)C. The summed E-state index contributed by atoms with van der Waals surface area (Å²) in [6.45, 7) is 9.39. The summed E-state index contributed by atoms with van der Waals surface area (Å²) >= 11 is 2.51. The van der Waals surface area contributed by atoms with Crippen molar-refractivity contribution in [1.29, 1.82) is 0 Å². The minimum absolute atomic E-state index is 0.0292. The van der Waals surface area contributed by atoms with E-state index in [1.54, 1.807) is 0 Å². The quantitative estimate of drug-likeness (QED) is 0.0680. The maximum absolute atomic E-state index is 7.37. The summed E-state index contributed by atoms with van der Waals surface area (Å²) in [5.41, 5.74) is 0. The van der Waals surface area contributed by atoms with Gasteiger partial charge in [-0.2, -0.15) is 0 Å². The van der Waals surface area contributed by atoms with Crippen LogP contribution in [-0.4, -0.2) is 18.8 Å². The lowest BCUT2D eigenvalue weighted by atomic mass is 10.1. The Balaban J connectivity index is 2.19. The van der Waals surface area contributed by atoms with Crippen molar-refractivity contribution >= 4 is 41.3 Å². The Bertz CT molecular complexity index is 742. The molecule has 182 valence electrons. The number of alkyl halides is 1. The van der Waals surface area contributed by atoms with Gasteiger partial charge in [0.25, 0.3) is 8.32 Å². The molecule has 1 atom stereocenters. The van der Waals surface area contributed by atoms with Gasteiger partial charge in [0.2, 0.25) is 0 Å². The second kappa shape index (κ2) is 15.2. The summed E-state index contributed by atoms with van der Waals surface area (Å²) in [5.74, 6) is 0. The average molecular weight is 577 g/mol. The van der Waals surface area contributed by atoms with Gasteiger partial charge in [0.15, 0.2) is 0 Å². The Kier molecular flexibility index (Phi) is 13.0. The molecule has 0 saturated heterocycles. The van der Waals surface area contributed by atoms with Gasteiger partial charge in [-0.25, -0.2) is 0 Å². The molecule has 1 unspecified atom stereocenters. The Labute approximate surface area is 218 Å². The van der Waals surface area contributed by atoms with Gasteiger partial charge in [-0.15, -0.1) is 0 Å². The molecule has 0 amide bonds. The second-order valence-corrected chi connectivity index (χ2v) is 15.5. The molecular formula is C30H45IOSi. The molecule has 33 heavy (non-hydrogen) atoms. The summed E-state index contributed by atoms with van der Waals surface area (Å²) in [4.78, 5) is 0. The van der Waals surface area contributed by atoms with Crippen molar-refractivity contribution in [1.82, 2.24) is 0 Å². The highest BCUT2D eigenvalue weighted by Crippen LogP contribution is 2.38. The lowest BCUT2D eigenvalue weighted by Gasteiger charge is -2.45. The van der Waals surface area contributed by atoms with Crippen LogP contribution < -0.4 is 10.4 Å². The van der Waals surface area contributed by atoms with Gasteiger partial charge in [0.1, 0.15) is 0 Å². The van der Waals surface area contributed by atoms with Crippen LogP contribution in [0.3, 0.4) is 0 Å². The van der Waals surface area contributed by atoms with E-state index in [0.717, 1.165) is 17.3 Å². The summed E-state index contributed by atoms with van der Waals surface area (Å²) in [7, 11) is -2.48. The fourth-order valence-corrected chi connectivity index (χ4v) is 10.1. The normalized spacial score (nSPS) is 13.5. The van der Waals surface area contributed by atoms with Crippen LogP contribution in [0.15, 0.2) is 72.8 Å². The maximum atomic E-state index is 7.37. The number of unbranched alkanes of at least 4 members (excludes halogenated alkanes) is 6. The monoisotopic (exact) mass is 576 g/mol. The van der Waals surface area contributed by atoms with Crippen LogP contribution >= 0.6 is 22.6 Å². The van der Waals surface area contributed by atoms with E-state index in [4.69, 9.17) is 4.43 Å². The third kappa shape index (κ3) is 8.67. The zero-order chi connectivity index (χ0) is 24.0. The molecule has 0 spiro atoms. The average Bonchev–Trinajstić information content (AvgIpc) is 2.81. The third-order valence-electron chi connectivity index (χ3n) is 6.48. The first kappa shape index (κ1) is 28.3. The van der Waals surface area contributed by atoms with Crippen LogP contribution in [0.1, 0.15) is 85.5 Å². The first-order valence-corrected chi connectivity index (χ1v) is 16.4. The molecular weight excluding hydrogens is 531 g/mol.